The lowest BCUT2D eigenvalue weighted by Crippen LogP contribution is -1.92. The first-order valence-electron chi connectivity index (χ1n) is 6.37. The molecule has 1 heterocycles. The summed E-state index contributed by atoms with van der Waals surface area (Å²) in [6, 6.07) is 13.5. The van der Waals surface area contributed by atoms with Crippen molar-refractivity contribution in [3.63, 3.8) is 0 Å². The lowest BCUT2D eigenvalue weighted by molar-refractivity contribution is 0.461. The molecule has 3 nitrogen and oxygen atoms in total. The highest BCUT2D eigenvalue weighted by atomic mass is 16.5. The monoisotopic (exact) mass is 252 g/mol. The van der Waals surface area contributed by atoms with Gasteiger partial charge in [0, 0.05) is 11.8 Å². The van der Waals surface area contributed by atoms with Crippen LogP contribution in [0.4, 0.5) is 0 Å². The van der Waals surface area contributed by atoms with Crippen molar-refractivity contribution in [3.05, 3.63) is 53.2 Å². The SMILES string of the molecule is CCCc1ccc(Oc2cc(C#N)cc(C)n2)cc1. The van der Waals surface area contributed by atoms with Gasteiger partial charge < -0.3 is 4.74 Å². The van der Waals surface area contributed by atoms with Crippen LogP contribution in [0.15, 0.2) is 36.4 Å². The van der Waals surface area contributed by atoms with E-state index < -0.39 is 0 Å². The molecular weight excluding hydrogens is 236 g/mol. The predicted octanol–water partition coefficient (Wildman–Crippen LogP) is 4.01. The van der Waals surface area contributed by atoms with E-state index in [1.165, 1.54) is 5.56 Å². The van der Waals surface area contributed by atoms with Gasteiger partial charge in [0.2, 0.25) is 5.88 Å². The van der Waals surface area contributed by atoms with Gasteiger partial charge in [0.15, 0.2) is 0 Å². The molecule has 1 aromatic carbocycles. The Morgan fingerprint density at radius 3 is 2.58 bits per heavy atom. The Bertz CT molecular complexity index is 597. The van der Waals surface area contributed by atoms with Crippen molar-refractivity contribution in [2.75, 3.05) is 0 Å². The molecule has 96 valence electrons. The van der Waals surface area contributed by atoms with E-state index in [1.54, 1.807) is 12.1 Å². The molecule has 0 atom stereocenters. The van der Waals surface area contributed by atoms with Crippen molar-refractivity contribution in [1.29, 1.82) is 5.26 Å². The van der Waals surface area contributed by atoms with Crippen LogP contribution in [0.5, 0.6) is 11.6 Å². The van der Waals surface area contributed by atoms with Crippen LogP contribution in [-0.2, 0) is 6.42 Å². The van der Waals surface area contributed by atoms with Crippen LogP contribution in [0.3, 0.4) is 0 Å². The van der Waals surface area contributed by atoms with E-state index >= 15 is 0 Å². The molecule has 0 saturated heterocycles. The molecule has 19 heavy (non-hydrogen) atoms. The molecule has 2 aromatic rings. The standard InChI is InChI=1S/C16H16N2O/c1-3-4-13-5-7-15(8-6-13)19-16-10-14(11-17)9-12(2)18-16/h5-10H,3-4H2,1-2H3. The van der Waals surface area contributed by atoms with E-state index in [2.05, 4.69) is 30.1 Å². The highest BCUT2D eigenvalue weighted by Crippen LogP contribution is 2.21. The van der Waals surface area contributed by atoms with E-state index in [0.29, 0.717) is 11.4 Å². The predicted molar refractivity (Wildman–Crippen MR) is 74.2 cm³/mol. The summed E-state index contributed by atoms with van der Waals surface area (Å²) in [5, 5.41) is 8.91. The van der Waals surface area contributed by atoms with Crippen molar-refractivity contribution in [3.8, 4) is 17.7 Å². The zero-order valence-corrected chi connectivity index (χ0v) is 11.2. The van der Waals surface area contributed by atoms with Crippen LogP contribution < -0.4 is 4.74 Å². The summed E-state index contributed by atoms with van der Waals surface area (Å²) in [5.41, 5.74) is 2.63. The molecule has 0 unspecified atom stereocenters. The van der Waals surface area contributed by atoms with Gasteiger partial charge in [-0.1, -0.05) is 25.5 Å². The van der Waals surface area contributed by atoms with Crippen molar-refractivity contribution in [2.45, 2.75) is 26.7 Å². The third kappa shape index (κ3) is 3.56. The van der Waals surface area contributed by atoms with Gasteiger partial charge in [-0.3, -0.25) is 0 Å². The first-order valence-corrected chi connectivity index (χ1v) is 6.37. The minimum Gasteiger partial charge on any atom is -0.439 e. The van der Waals surface area contributed by atoms with Gasteiger partial charge in [0.1, 0.15) is 5.75 Å². The van der Waals surface area contributed by atoms with E-state index in [0.717, 1.165) is 24.3 Å². The molecule has 0 fully saturated rings. The zero-order chi connectivity index (χ0) is 13.7. The summed E-state index contributed by atoms with van der Waals surface area (Å²) in [4.78, 5) is 4.26. The number of aryl methyl sites for hydroxylation is 2. The van der Waals surface area contributed by atoms with E-state index in [9.17, 15) is 0 Å². The Morgan fingerprint density at radius 1 is 1.21 bits per heavy atom. The average Bonchev–Trinajstić information content (AvgIpc) is 2.40. The molecule has 0 radical (unpaired) electrons. The lowest BCUT2D eigenvalue weighted by atomic mass is 10.1. The molecule has 1 aromatic heterocycles. The number of ether oxygens (including phenoxy) is 1. The fourth-order valence-corrected chi connectivity index (χ4v) is 1.89. The Kier molecular flexibility index (Phi) is 4.15. The van der Waals surface area contributed by atoms with Gasteiger partial charge in [0.05, 0.1) is 11.6 Å². The molecule has 0 aliphatic carbocycles. The van der Waals surface area contributed by atoms with Crippen LogP contribution in [0.1, 0.15) is 30.2 Å². The van der Waals surface area contributed by atoms with Crippen LogP contribution in [0, 0.1) is 18.3 Å². The number of hydrogen-bond donors (Lipinski definition) is 0. The number of nitriles is 1. The molecule has 0 amide bonds. The van der Waals surface area contributed by atoms with E-state index in [4.69, 9.17) is 10.00 Å². The number of pyridine rings is 1. The second-order valence-corrected chi connectivity index (χ2v) is 4.44. The molecule has 0 N–H and O–H groups in total. The number of rotatable bonds is 4. The fourth-order valence-electron chi connectivity index (χ4n) is 1.89. The van der Waals surface area contributed by atoms with E-state index in [1.807, 2.05) is 19.1 Å². The van der Waals surface area contributed by atoms with Crippen LogP contribution in [0.2, 0.25) is 0 Å². The Labute approximate surface area is 113 Å². The molecule has 3 heteroatoms. The first kappa shape index (κ1) is 13.1. The average molecular weight is 252 g/mol. The number of aromatic nitrogens is 1. The van der Waals surface area contributed by atoms with Gasteiger partial charge in [-0.25, -0.2) is 4.98 Å². The summed E-state index contributed by atoms with van der Waals surface area (Å²) in [5.74, 6) is 1.20. The van der Waals surface area contributed by atoms with Crippen LogP contribution in [-0.4, -0.2) is 4.98 Å². The maximum absolute atomic E-state index is 8.91. The maximum atomic E-state index is 8.91. The van der Waals surface area contributed by atoms with E-state index in [-0.39, 0.29) is 0 Å². The molecule has 0 aliphatic heterocycles. The van der Waals surface area contributed by atoms with Gasteiger partial charge >= 0.3 is 0 Å². The lowest BCUT2D eigenvalue weighted by Gasteiger charge is -2.07. The smallest absolute Gasteiger partial charge is 0.220 e. The minimum atomic E-state index is 0.458. The molecular formula is C16H16N2O. The molecule has 2 rings (SSSR count). The Hall–Kier alpha value is -2.34. The van der Waals surface area contributed by atoms with Gasteiger partial charge in [-0.15, -0.1) is 0 Å². The fraction of sp³-hybridized carbons (Fsp3) is 0.250. The highest BCUT2D eigenvalue weighted by Gasteiger charge is 2.03. The Morgan fingerprint density at radius 2 is 1.95 bits per heavy atom. The molecule has 0 aliphatic rings. The normalized spacial score (nSPS) is 9.95. The van der Waals surface area contributed by atoms with Gasteiger partial charge in [-0.2, -0.15) is 5.26 Å². The molecule has 0 spiro atoms. The summed E-state index contributed by atoms with van der Waals surface area (Å²) in [7, 11) is 0. The summed E-state index contributed by atoms with van der Waals surface area (Å²) in [6.07, 6.45) is 2.20. The number of nitrogens with zero attached hydrogens (tertiary/aromatic N) is 2. The Balaban J connectivity index is 2.17. The third-order valence-corrected chi connectivity index (χ3v) is 2.74. The second kappa shape index (κ2) is 6.01. The first-order chi connectivity index (χ1) is 9.21. The van der Waals surface area contributed by atoms with Crippen molar-refractivity contribution in [1.82, 2.24) is 4.98 Å². The molecule has 0 bridgehead atoms. The third-order valence-electron chi connectivity index (χ3n) is 2.74. The van der Waals surface area contributed by atoms with Crippen molar-refractivity contribution >= 4 is 0 Å². The molecule has 0 saturated carbocycles. The van der Waals surface area contributed by atoms with Gasteiger partial charge in [0.25, 0.3) is 0 Å². The van der Waals surface area contributed by atoms with Crippen molar-refractivity contribution in [2.24, 2.45) is 0 Å². The van der Waals surface area contributed by atoms with Crippen LogP contribution in [0.25, 0.3) is 0 Å². The summed E-state index contributed by atoms with van der Waals surface area (Å²) >= 11 is 0. The van der Waals surface area contributed by atoms with Gasteiger partial charge in [-0.05, 0) is 37.1 Å². The second-order valence-electron chi connectivity index (χ2n) is 4.44. The highest BCUT2D eigenvalue weighted by molar-refractivity contribution is 5.37. The summed E-state index contributed by atoms with van der Waals surface area (Å²) in [6.45, 7) is 4.00. The van der Waals surface area contributed by atoms with Crippen molar-refractivity contribution < 1.29 is 4.74 Å². The number of benzene rings is 1. The quantitative estimate of drug-likeness (QED) is 0.826. The maximum Gasteiger partial charge on any atom is 0.220 e. The number of hydrogen-bond acceptors (Lipinski definition) is 3. The topological polar surface area (TPSA) is 45.9 Å². The van der Waals surface area contributed by atoms with Crippen LogP contribution >= 0.6 is 0 Å². The minimum absolute atomic E-state index is 0.458. The largest absolute Gasteiger partial charge is 0.439 e. The zero-order valence-electron chi connectivity index (χ0n) is 11.2. The summed E-state index contributed by atoms with van der Waals surface area (Å²) < 4.78 is 5.67.